The topological polar surface area (TPSA) is 35.0 Å². The van der Waals surface area contributed by atoms with E-state index in [1.165, 1.54) is 0 Å². The molecule has 0 aliphatic heterocycles. The second-order valence-corrected chi connectivity index (χ2v) is 4.29. The number of hydrogen-bond donors (Lipinski definition) is 0. The molecule has 76 valence electrons. The normalized spacial score (nSPS) is 10.0. The summed E-state index contributed by atoms with van der Waals surface area (Å²) in [6.07, 6.45) is 0. The molecule has 0 amide bonds. The second kappa shape index (κ2) is 4.76. The molecule has 0 atom stereocenters. The Morgan fingerprint density at radius 2 is 1.73 bits per heavy atom. The Kier molecular flexibility index (Phi) is 3.37. The van der Waals surface area contributed by atoms with Crippen LogP contribution >= 0.6 is 34.2 Å². The first-order valence-corrected chi connectivity index (χ1v) is 5.62. The van der Waals surface area contributed by atoms with Gasteiger partial charge in [-0.2, -0.15) is 0 Å². The molecule has 3 nitrogen and oxygen atoms in total. The van der Waals surface area contributed by atoms with Crippen molar-refractivity contribution in [2.45, 2.75) is 0 Å². The van der Waals surface area contributed by atoms with E-state index in [1.54, 1.807) is 30.3 Å². The van der Waals surface area contributed by atoms with Crippen molar-refractivity contribution in [3.05, 3.63) is 45.1 Å². The lowest BCUT2D eigenvalue weighted by molar-refractivity contribution is 0.454. The molecule has 5 heteroatoms. The Morgan fingerprint density at radius 3 is 2.33 bits per heavy atom. The lowest BCUT2D eigenvalue weighted by atomic mass is 10.3. The Bertz CT molecular complexity index is 400. The summed E-state index contributed by atoms with van der Waals surface area (Å²) >= 11 is 7.84. The van der Waals surface area contributed by atoms with Gasteiger partial charge in [0, 0.05) is 11.1 Å². The van der Waals surface area contributed by atoms with Crippen molar-refractivity contribution in [3.8, 4) is 11.6 Å². The number of ether oxygens (including phenoxy) is 1. The first-order chi connectivity index (χ1) is 7.24. The number of nitrogens with zero attached hydrogens (tertiary/aromatic N) is 2. The molecule has 0 aliphatic rings. The molecule has 0 spiro atoms. The van der Waals surface area contributed by atoms with E-state index in [2.05, 4.69) is 32.8 Å². The van der Waals surface area contributed by atoms with Gasteiger partial charge >= 0.3 is 0 Å². The minimum absolute atomic E-state index is 0.470. The molecule has 0 saturated carbocycles. The molecule has 15 heavy (non-hydrogen) atoms. The lowest BCUT2D eigenvalue weighted by Gasteiger charge is -2.03. The van der Waals surface area contributed by atoms with Gasteiger partial charge in [0.25, 0.3) is 0 Å². The fourth-order valence-corrected chi connectivity index (χ4v) is 1.40. The van der Waals surface area contributed by atoms with Gasteiger partial charge in [-0.15, -0.1) is 10.2 Å². The molecule has 0 fully saturated rings. The van der Waals surface area contributed by atoms with Crippen LogP contribution in [0.25, 0.3) is 0 Å². The van der Waals surface area contributed by atoms with Crippen LogP contribution in [0.15, 0.2) is 36.4 Å². The van der Waals surface area contributed by atoms with E-state index in [1.807, 2.05) is 6.07 Å². The molecule has 2 aromatic rings. The maximum absolute atomic E-state index is 5.75. The van der Waals surface area contributed by atoms with E-state index in [9.17, 15) is 0 Å². The van der Waals surface area contributed by atoms with Crippen molar-refractivity contribution in [2.24, 2.45) is 0 Å². The zero-order valence-corrected chi connectivity index (χ0v) is 10.4. The molecule has 1 heterocycles. The SMILES string of the molecule is Clc1ccc(Oc2ccc(I)nn2)cc1. The van der Waals surface area contributed by atoms with Gasteiger partial charge in [0.15, 0.2) is 0 Å². The van der Waals surface area contributed by atoms with Crippen LogP contribution in [0.2, 0.25) is 5.02 Å². The molecule has 0 radical (unpaired) electrons. The molecule has 2 rings (SSSR count). The molecule has 0 bridgehead atoms. The van der Waals surface area contributed by atoms with E-state index in [-0.39, 0.29) is 0 Å². The quantitative estimate of drug-likeness (QED) is 0.789. The van der Waals surface area contributed by atoms with Crippen LogP contribution in [0.3, 0.4) is 0 Å². The summed E-state index contributed by atoms with van der Waals surface area (Å²) in [7, 11) is 0. The predicted molar refractivity (Wildman–Crippen MR) is 66.3 cm³/mol. The molecule has 0 unspecified atom stereocenters. The Balaban J connectivity index is 2.15. The summed E-state index contributed by atoms with van der Waals surface area (Å²) in [6, 6.07) is 10.7. The van der Waals surface area contributed by atoms with Gasteiger partial charge in [-0.3, -0.25) is 0 Å². The minimum atomic E-state index is 0.470. The second-order valence-electron chi connectivity index (χ2n) is 2.75. The summed E-state index contributed by atoms with van der Waals surface area (Å²) in [5, 5.41) is 8.44. The summed E-state index contributed by atoms with van der Waals surface area (Å²) in [4.78, 5) is 0. The van der Waals surface area contributed by atoms with Crippen LogP contribution in [-0.2, 0) is 0 Å². The zero-order chi connectivity index (χ0) is 10.7. The summed E-state index contributed by atoms with van der Waals surface area (Å²) < 4.78 is 6.28. The highest BCUT2D eigenvalue weighted by Crippen LogP contribution is 2.20. The van der Waals surface area contributed by atoms with Crippen molar-refractivity contribution < 1.29 is 4.74 Å². The van der Waals surface area contributed by atoms with Crippen LogP contribution in [0.4, 0.5) is 0 Å². The van der Waals surface area contributed by atoms with Crippen LogP contribution < -0.4 is 4.74 Å². The number of hydrogen-bond acceptors (Lipinski definition) is 3. The lowest BCUT2D eigenvalue weighted by Crippen LogP contribution is -1.91. The summed E-state index contributed by atoms with van der Waals surface area (Å²) in [5.41, 5.74) is 0. The summed E-state index contributed by atoms with van der Waals surface area (Å²) in [6.45, 7) is 0. The van der Waals surface area contributed by atoms with E-state index < -0.39 is 0 Å². The van der Waals surface area contributed by atoms with E-state index in [0.29, 0.717) is 16.7 Å². The maximum atomic E-state index is 5.75. The molecule has 0 aliphatic carbocycles. The first kappa shape index (κ1) is 10.6. The van der Waals surface area contributed by atoms with Gasteiger partial charge in [-0.25, -0.2) is 0 Å². The highest BCUT2D eigenvalue weighted by atomic mass is 127. The van der Waals surface area contributed by atoms with Crippen molar-refractivity contribution in [1.82, 2.24) is 10.2 Å². The smallest absolute Gasteiger partial charge is 0.238 e. The van der Waals surface area contributed by atoms with Gasteiger partial charge in [0.2, 0.25) is 5.88 Å². The average molecular weight is 333 g/mol. The minimum Gasteiger partial charge on any atom is -0.438 e. The summed E-state index contributed by atoms with van der Waals surface area (Å²) in [5.74, 6) is 1.16. The van der Waals surface area contributed by atoms with E-state index >= 15 is 0 Å². The number of rotatable bonds is 2. The Labute approximate surface area is 106 Å². The third-order valence-corrected chi connectivity index (χ3v) is 2.47. The van der Waals surface area contributed by atoms with Gasteiger partial charge in [0.1, 0.15) is 9.45 Å². The zero-order valence-electron chi connectivity index (χ0n) is 7.52. The Hall–Kier alpha value is -0.880. The molecule has 0 N–H and O–H groups in total. The average Bonchev–Trinajstić information content (AvgIpc) is 2.25. The van der Waals surface area contributed by atoms with E-state index in [4.69, 9.17) is 16.3 Å². The maximum Gasteiger partial charge on any atom is 0.238 e. The fraction of sp³-hybridized carbons (Fsp3) is 0. The van der Waals surface area contributed by atoms with Crippen molar-refractivity contribution in [1.29, 1.82) is 0 Å². The highest BCUT2D eigenvalue weighted by Gasteiger charge is 1.98. The predicted octanol–water partition coefficient (Wildman–Crippen LogP) is 3.53. The van der Waals surface area contributed by atoms with Crippen molar-refractivity contribution in [2.75, 3.05) is 0 Å². The molecule has 1 aromatic heterocycles. The van der Waals surface area contributed by atoms with Gasteiger partial charge in [-0.1, -0.05) is 11.6 Å². The van der Waals surface area contributed by atoms with E-state index in [0.717, 1.165) is 3.70 Å². The Morgan fingerprint density at radius 1 is 1.00 bits per heavy atom. The molecular weight excluding hydrogens is 326 g/mol. The van der Waals surface area contributed by atoms with Gasteiger partial charge < -0.3 is 4.74 Å². The van der Waals surface area contributed by atoms with Crippen molar-refractivity contribution >= 4 is 34.2 Å². The third kappa shape index (κ3) is 3.04. The van der Waals surface area contributed by atoms with Gasteiger partial charge in [-0.05, 0) is 52.9 Å². The largest absolute Gasteiger partial charge is 0.438 e. The highest BCUT2D eigenvalue weighted by molar-refractivity contribution is 14.1. The fourth-order valence-electron chi connectivity index (χ4n) is 0.982. The number of halogens is 2. The first-order valence-electron chi connectivity index (χ1n) is 4.17. The van der Waals surface area contributed by atoms with Crippen LogP contribution in [0.1, 0.15) is 0 Å². The molecule has 0 saturated heterocycles. The van der Waals surface area contributed by atoms with Crippen molar-refractivity contribution in [3.63, 3.8) is 0 Å². The van der Waals surface area contributed by atoms with Gasteiger partial charge in [0.05, 0.1) is 0 Å². The number of benzene rings is 1. The number of aromatic nitrogens is 2. The molecular formula is C10H6ClIN2O. The van der Waals surface area contributed by atoms with Crippen LogP contribution in [0, 0.1) is 3.70 Å². The van der Waals surface area contributed by atoms with Crippen LogP contribution in [0.5, 0.6) is 11.6 Å². The third-order valence-electron chi connectivity index (χ3n) is 1.64. The monoisotopic (exact) mass is 332 g/mol. The van der Waals surface area contributed by atoms with Crippen LogP contribution in [-0.4, -0.2) is 10.2 Å². The molecule has 1 aromatic carbocycles. The standard InChI is InChI=1S/C10H6ClIN2O/c11-7-1-3-8(4-2-7)15-10-6-5-9(12)13-14-10/h1-6H.